The van der Waals surface area contributed by atoms with Crippen LogP contribution in [0.25, 0.3) is 0 Å². The number of pyridine rings is 1. The van der Waals surface area contributed by atoms with E-state index in [1.54, 1.807) is 6.07 Å². The zero-order valence-corrected chi connectivity index (χ0v) is 7.57. The first-order valence-corrected chi connectivity index (χ1v) is 4.30. The molecule has 0 atom stereocenters. The molecule has 1 aromatic rings. The van der Waals surface area contributed by atoms with Crippen LogP contribution in [0, 0.1) is 6.92 Å². The number of fused-ring (bicyclic) bond motifs is 1. The van der Waals surface area contributed by atoms with E-state index in [9.17, 15) is 0 Å². The lowest BCUT2D eigenvalue weighted by molar-refractivity contribution is 0.627. The molecule has 2 nitrogen and oxygen atoms in total. The van der Waals surface area contributed by atoms with Gasteiger partial charge in [-0.3, -0.25) is 0 Å². The van der Waals surface area contributed by atoms with Gasteiger partial charge in [0.05, 0.1) is 0 Å². The number of nitrogens with zero attached hydrogens (tertiary/aromatic N) is 1. The number of halogens is 1. The Morgan fingerprint density at radius 1 is 1.75 bits per heavy atom. The topological polar surface area (TPSA) is 24.9 Å². The zero-order chi connectivity index (χ0) is 10.3. The van der Waals surface area contributed by atoms with Gasteiger partial charge < -0.3 is 5.32 Å². The van der Waals surface area contributed by atoms with Crippen LogP contribution in [0.15, 0.2) is 6.07 Å². The van der Waals surface area contributed by atoms with Gasteiger partial charge >= 0.3 is 0 Å². The van der Waals surface area contributed by atoms with Crippen LogP contribution in [0.2, 0.25) is 5.15 Å². The molecule has 1 aliphatic rings. The summed E-state index contributed by atoms with van der Waals surface area (Å²) in [5.41, 5.74) is 2.28. The summed E-state index contributed by atoms with van der Waals surface area (Å²) in [7, 11) is 0. The fourth-order valence-corrected chi connectivity index (χ4v) is 1.64. The van der Waals surface area contributed by atoms with Gasteiger partial charge in [0.1, 0.15) is 5.15 Å². The maximum atomic E-state index is 7.79. The molecule has 12 heavy (non-hydrogen) atoms. The van der Waals surface area contributed by atoms with E-state index in [1.165, 1.54) is 0 Å². The third-order valence-electron chi connectivity index (χ3n) is 1.96. The second-order valence-corrected chi connectivity index (χ2v) is 3.27. The molecule has 2 rings (SSSR count). The van der Waals surface area contributed by atoms with Gasteiger partial charge in [-0.05, 0) is 24.1 Å². The number of hydrogen-bond donors (Lipinski definition) is 1. The third-order valence-corrected chi connectivity index (χ3v) is 2.15. The highest BCUT2D eigenvalue weighted by molar-refractivity contribution is 6.29. The smallest absolute Gasteiger partial charge is 0.129 e. The van der Waals surface area contributed by atoms with Crippen molar-refractivity contribution in [3.63, 3.8) is 0 Å². The fourth-order valence-electron chi connectivity index (χ4n) is 1.38. The second kappa shape index (κ2) is 3.04. The molecular weight excluding hydrogens is 172 g/mol. The van der Waals surface area contributed by atoms with Crippen LogP contribution >= 0.6 is 11.6 Å². The van der Waals surface area contributed by atoms with Crippen molar-refractivity contribution in [3.8, 4) is 0 Å². The monoisotopic (exact) mass is 184 g/mol. The Kier molecular flexibility index (Phi) is 1.50. The predicted octanol–water partition coefficient (Wildman–Crippen LogP) is 1.69. The number of aryl methyl sites for hydroxylation is 1. The summed E-state index contributed by atoms with van der Waals surface area (Å²) in [5, 5.41) is 3.27. The first-order valence-electron chi connectivity index (χ1n) is 4.92. The molecule has 64 valence electrons. The van der Waals surface area contributed by atoms with Gasteiger partial charge in [0.15, 0.2) is 0 Å². The number of rotatable bonds is 0. The molecule has 0 fully saturated rings. The summed E-state index contributed by atoms with van der Waals surface area (Å²) in [4.78, 5) is 4.16. The van der Waals surface area contributed by atoms with E-state index in [1.807, 2.05) is 6.92 Å². The number of nitrogens with one attached hydrogen (secondary N) is 1. The van der Waals surface area contributed by atoms with Gasteiger partial charge in [-0.2, -0.15) is 0 Å². The van der Waals surface area contributed by atoms with E-state index in [4.69, 9.17) is 14.3 Å². The maximum Gasteiger partial charge on any atom is 0.129 e. The van der Waals surface area contributed by atoms with Gasteiger partial charge in [0.2, 0.25) is 0 Å². The average molecular weight is 185 g/mol. The molecular formula is C9H11ClN2. The van der Waals surface area contributed by atoms with E-state index in [-0.39, 0.29) is 0 Å². The summed E-state index contributed by atoms with van der Waals surface area (Å²) >= 11 is 5.82. The van der Waals surface area contributed by atoms with Crippen LogP contribution in [-0.2, 0) is 12.9 Å². The minimum atomic E-state index is -1.48. The Hall–Kier alpha value is -0.600. The van der Waals surface area contributed by atoms with Crippen molar-refractivity contribution < 1.29 is 2.74 Å². The molecule has 1 aromatic heterocycles. The molecule has 3 heteroatoms. The molecule has 0 aromatic carbocycles. The minimum absolute atomic E-state index is 0.443. The fraction of sp³-hybridized carbons (Fsp3) is 0.444. The minimum Gasteiger partial charge on any atom is -0.312 e. The zero-order valence-electron chi connectivity index (χ0n) is 8.82. The van der Waals surface area contributed by atoms with E-state index < -0.39 is 6.50 Å². The van der Waals surface area contributed by atoms with E-state index in [0.29, 0.717) is 17.3 Å². The lowest BCUT2D eigenvalue weighted by Crippen LogP contribution is -2.25. The van der Waals surface area contributed by atoms with Crippen LogP contribution in [-0.4, -0.2) is 11.5 Å². The molecule has 0 aliphatic carbocycles. The van der Waals surface area contributed by atoms with Gasteiger partial charge in [-0.15, -0.1) is 0 Å². The normalized spacial score (nSPS) is 22.5. The van der Waals surface area contributed by atoms with Gasteiger partial charge in [-0.25, -0.2) is 4.98 Å². The molecule has 2 heterocycles. The van der Waals surface area contributed by atoms with Crippen molar-refractivity contribution in [2.24, 2.45) is 0 Å². The lowest BCUT2D eigenvalue weighted by atomic mass is 10.0. The first-order chi connectivity index (χ1) is 6.50. The van der Waals surface area contributed by atoms with Crippen molar-refractivity contribution in [2.45, 2.75) is 19.8 Å². The molecule has 0 bridgehead atoms. The number of aromatic nitrogens is 1. The Bertz CT molecular complexity index is 379. The highest BCUT2D eigenvalue weighted by Crippen LogP contribution is 2.19. The quantitative estimate of drug-likeness (QED) is 0.621. The van der Waals surface area contributed by atoms with E-state index in [0.717, 1.165) is 17.7 Å². The number of hydrogen-bond acceptors (Lipinski definition) is 2. The predicted molar refractivity (Wildman–Crippen MR) is 49.4 cm³/mol. The SMILES string of the molecule is [2H]C1([2H])NCCc2nc(Cl)cc(C)c21. The average Bonchev–Trinajstić information content (AvgIpc) is 2.00. The van der Waals surface area contributed by atoms with Crippen molar-refractivity contribution in [1.82, 2.24) is 10.3 Å². The van der Waals surface area contributed by atoms with E-state index in [2.05, 4.69) is 10.3 Å². The molecule has 0 spiro atoms. The lowest BCUT2D eigenvalue weighted by Gasteiger charge is -2.18. The highest BCUT2D eigenvalue weighted by atomic mass is 35.5. The first kappa shape index (κ1) is 5.95. The highest BCUT2D eigenvalue weighted by Gasteiger charge is 2.12. The molecule has 0 unspecified atom stereocenters. The Morgan fingerprint density at radius 2 is 2.58 bits per heavy atom. The third kappa shape index (κ3) is 1.32. The van der Waals surface area contributed by atoms with Gasteiger partial charge in [0.25, 0.3) is 0 Å². The molecule has 0 saturated heterocycles. The standard InChI is InChI=1S/C9H11ClN2/c1-6-4-9(10)12-8-2-3-11-5-7(6)8/h4,11H,2-3,5H2,1H3/i5D2. The molecule has 1 N–H and O–H groups in total. The van der Waals surface area contributed by atoms with Crippen LogP contribution in [0.5, 0.6) is 0 Å². The maximum absolute atomic E-state index is 7.79. The van der Waals surface area contributed by atoms with Crippen molar-refractivity contribution in [2.75, 3.05) is 6.54 Å². The van der Waals surface area contributed by atoms with Crippen LogP contribution in [0.1, 0.15) is 19.6 Å². The molecule has 0 amide bonds. The van der Waals surface area contributed by atoms with Crippen molar-refractivity contribution in [1.29, 1.82) is 0 Å². The van der Waals surface area contributed by atoms with Crippen molar-refractivity contribution >= 4 is 11.6 Å². The Labute approximate surface area is 79.8 Å². The summed E-state index contributed by atoms with van der Waals surface area (Å²) in [6.45, 7) is 0.985. The largest absolute Gasteiger partial charge is 0.312 e. The second-order valence-electron chi connectivity index (χ2n) is 2.89. The summed E-state index contributed by atoms with van der Waals surface area (Å²) in [5.74, 6) is 0. The summed E-state index contributed by atoms with van der Waals surface area (Å²) < 4.78 is 15.6. The summed E-state index contributed by atoms with van der Waals surface area (Å²) in [6, 6.07) is 1.70. The van der Waals surface area contributed by atoms with Gasteiger partial charge in [-0.1, -0.05) is 11.6 Å². The Morgan fingerprint density at radius 3 is 3.42 bits per heavy atom. The van der Waals surface area contributed by atoms with Crippen molar-refractivity contribution in [3.05, 3.63) is 28.0 Å². The van der Waals surface area contributed by atoms with Crippen LogP contribution in [0.4, 0.5) is 0 Å². The van der Waals surface area contributed by atoms with Crippen LogP contribution in [0.3, 0.4) is 0 Å². The molecule has 0 saturated carbocycles. The van der Waals surface area contributed by atoms with Gasteiger partial charge in [0, 0.05) is 27.9 Å². The molecule has 0 radical (unpaired) electrons. The van der Waals surface area contributed by atoms with E-state index >= 15 is 0 Å². The van der Waals surface area contributed by atoms with Crippen LogP contribution < -0.4 is 5.32 Å². The Balaban J connectivity index is 2.63. The summed E-state index contributed by atoms with van der Waals surface area (Å²) in [6.07, 6.45) is 0.732. The molecule has 1 aliphatic heterocycles.